The van der Waals surface area contributed by atoms with Crippen LogP contribution in [0.4, 0.5) is 0 Å². The zero-order valence-electron chi connectivity index (χ0n) is 17.1. The van der Waals surface area contributed by atoms with Crippen molar-refractivity contribution in [1.82, 2.24) is 19.7 Å². The number of aryl methyl sites for hydroxylation is 2. The highest BCUT2D eigenvalue weighted by molar-refractivity contribution is 6.35. The summed E-state index contributed by atoms with van der Waals surface area (Å²) in [6.45, 7) is 6.12. The average molecular weight is 443 g/mol. The smallest absolute Gasteiger partial charge is 0.140 e. The van der Waals surface area contributed by atoms with Crippen molar-refractivity contribution in [2.75, 3.05) is 13.1 Å². The second-order valence-corrected chi connectivity index (χ2v) is 8.98. The summed E-state index contributed by atoms with van der Waals surface area (Å²) < 4.78 is 8.60. The molecule has 0 saturated carbocycles. The van der Waals surface area contributed by atoms with Crippen molar-refractivity contribution in [2.45, 2.75) is 45.3 Å². The van der Waals surface area contributed by atoms with E-state index in [-0.39, 0.29) is 12.1 Å². The molecule has 2 atom stereocenters. The molecule has 5 nitrogen and oxygen atoms in total. The maximum absolute atomic E-state index is 6.57. The predicted molar refractivity (Wildman–Crippen MR) is 119 cm³/mol. The first-order valence-corrected chi connectivity index (χ1v) is 11.1. The highest BCUT2D eigenvalue weighted by atomic mass is 35.5. The quantitative estimate of drug-likeness (QED) is 0.547. The number of ether oxygens (including phenoxy) is 1. The van der Waals surface area contributed by atoms with E-state index in [0.29, 0.717) is 5.02 Å². The van der Waals surface area contributed by atoms with Crippen molar-refractivity contribution in [3.63, 3.8) is 0 Å². The average Bonchev–Trinajstić information content (AvgIpc) is 3.43. The third kappa shape index (κ3) is 3.49. The molecule has 0 N–H and O–H groups in total. The monoisotopic (exact) mass is 442 g/mol. The van der Waals surface area contributed by atoms with Gasteiger partial charge in [-0.25, -0.2) is 0 Å². The molecule has 0 amide bonds. The maximum Gasteiger partial charge on any atom is 0.140 e. The van der Waals surface area contributed by atoms with Gasteiger partial charge in [0.2, 0.25) is 0 Å². The van der Waals surface area contributed by atoms with Gasteiger partial charge >= 0.3 is 0 Å². The van der Waals surface area contributed by atoms with Gasteiger partial charge in [-0.2, -0.15) is 0 Å². The lowest BCUT2D eigenvalue weighted by atomic mass is 10.1. The summed E-state index contributed by atoms with van der Waals surface area (Å²) in [5, 5.41) is 9.68. The molecule has 2 unspecified atom stereocenters. The van der Waals surface area contributed by atoms with E-state index in [4.69, 9.17) is 27.9 Å². The summed E-state index contributed by atoms with van der Waals surface area (Å²) in [6.07, 6.45) is 3.28. The van der Waals surface area contributed by atoms with Crippen LogP contribution in [0.2, 0.25) is 10.0 Å². The lowest BCUT2D eigenvalue weighted by molar-refractivity contribution is 0.0941. The maximum atomic E-state index is 6.57. The number of aromatic nitrogens is 3. The molecular weight excluding hydrogens is 419 g/mol. The van der Waals surface area contributed by atoms with Crippen LogP contribution in [-0.4, -0.2) is 38.8 Å². The summed E-state index contributed by atoms with van der Waals surface area (Å²) in [5.41, 5.74) is 3.30. The molecule has 3 aromatic rings. The molecule has 1 saturated heterocycles. The standard InChI is InChI=1S/C23H24Cl2N4O/c1-14-26-27-15(2)29(14)17-5-7-18(8-6-17)30-23-20-11-16(24)12-21(25)19(20)13-22(23)28-9-3-4-10-28/h5-8,11-12,22-23H,3-4,9-10,13H2,1-2H3. The van der Waals surface area contributed by atoms with E-state index < -0.39 is 0 Å². The van der Waals surface area contributed by atoms with Gasteiger partial charge < -0.3 is 4.74 Å². The van der Waals surface area contributed by atoms with Crippen molar-refractivity contribution in [3.05, 3.63) is 69.2 Å². The first-order chi connectivity index (χ1) is 14.5. The Balaban J connectivity index is 1.46. The summed E-state index contributed by atoms with van der Waals surface area (Å²) in [6, 6.07) is 12.2. The van der Waals surface area contributed by atoms with Gasteiger partial charge in [0.1, 0.15) is 23.5 Å². The normalized spacial score (nSPS) is 21.2. The minimum absolute atomic E-state index is 0.0847. The molecular formula is C23H24Cl2N4O. The minimum Gasteiger partial charge on any atom is -0.484 e. The zero-order chi connectivity index (χ0) is 20.8. The van der Waals surface area contributed by atoms with Crippen molar-refractivity contribution >= 4 is 23.2 Å². The van der Waals surface area contributed by atoms with Crippen LogP contribution in [0.25, 0.3) is 5.69 Å². The third-order valence-corrected chi connectivity index (χ3v) is 6.77. The molecule has 156 valence electrons. The van der Waals surface area contributed by atoms with E-state index in [2.05, 4.69) is 15.1 Å². The lowest BCUT2D eigenvalue weighted by Crippen LogP contribution is -2.38. The highest BCUT2D eigenvalue weighted by Crippen LogP contribution is 2.43. The molecule has 2 heterocycles. The fourth-order valence-electron chi connectivity index (χ4n) is 4.81. The number of hydrogen-bond donors (Lipinski definition) is 0. The van der Waals surface area contributed by atoms with E-state index >= 15 is 0 Å². The topological polar surface area (TPSA) is 43.2 Å². The fourth-order valence-corrected chi connectivity index (χ4v) is 5.40. The van der Waals surface area contributed by atoms with Gasteiger partial charge in [0.25, 0.3) is 0 Å². The number of fused-ring (bicyclic) bond motifs is 1. The zero-order valence-corrected chi connectivity index (χ0v) is 18.6. The van der Waals surface area contributed by atoms with Crippen LogP contribution in [0.15, 0.2) is 36.4 Å². The van der Waals surface area contributed by atoms with Gasteiger partial charge in [-0.05, 0) is 88.2 Å². The number of benzene rings is 2. The first-order valence-electron chi connectivity index (χ1n) is 10.4. The summed E-state index contributed by atoms with van der Waals surface area (Å²) >= 11 is 12.9. The van der Waals surface area contributed by atoms with Gasteiger partial charge in [-0.1, -0.05) is 23.2 Å². The van der Waals surface area contributed by atoms with Crippen molar-refractivity contribution in [1.29, 1.82) is 0 Å². The molecule has 5 rings (SSSR count). The molecule has 1 aromatic heterocycles. The Morgan fingerprint density at radius 1 is 0.967 bits per heavy atom. The Kier molecular flexibility index (Phi) is 5.21. The highest BCUT2D eigenvalue weighted by Gasteiger charge is 2.40. The van der Waals surface area contributed by atoms with Crippen LogP contribution >= 0.6 is 23.2 Å². The summed E-state index contributed by atoms with van der Waals surface area (Å²) in [4.78, 5) is 2.53. The van der Waals surface area contributed by atoms with Crippen molar-refractivity contribution in [2.24, 2.45) is 0 Å². The Hall–Kier alpha value is -2.08. The van der Waals surface area contributed by atoms with E-state index in [1.165, 1.54) is 12.8 Å². The Morgan fingerprint density at radius 2 is 1.63 bits per heavy atom. The Bertz CT molecular complexity index is 1050. The number of likely N-dealkylation sites (tertiary alicyclic amines) is 1. The van der Waals surface area contributed by atoms with Crippen LogP contribution in [-0.2, 0) is 6.42 Å². The van der Waals surface area contributed by atoms with Crippen molar-refractivity contribution < 1.29 is 4.74 Å². The lowest BCUT2D eigenvalue weighted by Gasteiger charge is -2.30. The first kappa shape index (κ1) is 19.9. The number of hydrogen-bond acceptors (Lipinski definition) is 4. The largest absolute Gasteiger partial charge is 0.484 e. The van der Waals surface area contributed by atoms with Crippen molar-refractivity contribution in [3.8, 4) is 11.4 Å². The Morgan fingerprint density at radius 3 is 2.30 bits per heavy atom. The third-order valence-electron chi connectivity index (χ3n) is 6.22. The molecule has 0 spiro atoms. The molecule has 1 aliphatic heterocycles. The SMILES string of the molecule is Cc1nnc(C)n1-c1ccc(OC2c3cc(Cl)cc(Cl)c3CC2N2CCCC2)cc1. The number of nitrogens with zero attached hydrogens (tertiary/aromatic N) is 4. The van der Waals surface area contributed by atoms with Crippen LogP contribution in [0, 0.1) is 13.8 Å². The number of halogens is 2. The molecule has 1 fully saturated rings. The van der Waals surface area contributed by atoms with Gasteiger partial charge in [-0.3, -0.25) is 9.47 Å². The Labute approximate surface area is 186 Å². The summed E-state index contributed by atoms with van der Waals surface area (Å²) in [5.74, 6) is 2.56. The minimum atomic E-state index is -0.0847. The summed E-state index contributed by atoms with van der Waals surface area (Å²) in [7, 11) is 0. The van der Waals surface area contributed by atoms with E-state index in [1.54, 1.807) is 0 Å². The van der Waals surface area contributed by atoms with Gasteiger partial charge in [0, 0.05) is 21.3 Å². The van der Waals surface area contributed by atoms with Gasteiger partial charge in [-0.15, -0.1) is 10.2 Å². The van der Waals surface area contributed by atoms with E-state index in [9.17, 15) is 0 Å². The van der Waals surface area contributed by atoms with E-state index in [1.807, 2.05) is 54.8 Å². The van der Waals surface area contributed by atoms with Crippen LogP contribution in [0.3, 0.4) is 0 Å². The molecule has 2 aromatic carbocycles. The molecule has 0 radical (unpaired) electrons. The van der Waals surface area contributed by atoms with Crippen LogP contribution in [0.5, 0.6) is 5.75 Å². The number of rotatable bonds is 4. The molecule has 2 aliphatic rings. The molecule has 30 heavy (non-hydrogen) atoms. The molecule has 7 heteroatoms. The van der Waals surface area contributed by atoms with E-state index in [0.717, 1.165) is 58.7 Å². The molecule has 1 aliphatic carbocycles. The van der Waals surface area contributed by atoms with Gasteiger partial charge in [0.15, 0.2) is 0 Å². The van der Waals surface area contributed by atoms with Gasteiger partial charge in [0.05, 0.1) is 6.04 Å². The van der Waals surface area contributed by atoms with Crippen LogP contribution in [0.1, 0.15) is 41.7 Å². The van der Waals surface area contributed by atoms with Crippen LogP contribution < -0.4 is 4.74 Å². The second-order valence-electron chi connectivity index (χ2n) is 8.13. The molecule has 0 bridgehead atoms. The fraction of sp³-hybridized carbons (Fsp3) is 0.391. The predicted octanol–water partition coefficient (Wildman–Crippen LogP) is 5.33. The second kappa shape index (κ2) is 7.88.